The second kappa shape index (κ2) is 5.14. The molecular formula is C14H24N4. The van der Waals surface area contributed by atoms with Crippen molar-refractivity contribution in [2.75, 3.05) is 31.7 Å². The fourth-order valence-electron chi connectivity index (χ4n) is 2.77. The van der Waals surface area contributed by atoms with Crippen molar-refractivity contribution in [2.45, 2.75) is 38.1 Å². The van der Waals surface area contributed by atoms with Gasteiger partial charge in [0, 0.05) is 17.8 Å². The molecule has 0 spiro atoms. The highest BCUT2D eigenvalue weighted by atomic mass is 15.2. The summed E-state index contributed by atoms with van der Waals surface area (Å²) in [6.45, 7) is 2.91. The van der Waals surface area contributed by atoms with E-state index in [9.17, 15) is 0 Å². The molecular weight excluding hydrogens is 224 g/mol. The van der Waals surface area contributed by atoms with Crippen molar-refractivity contribution in [2.24, 2.45) is 0 Å². The molecule has 2 rings (SSSR count). The molecule has 1 saturated carbocycles. The quantitative estimate of drug-likeness (QED) is 0.858. The van der Waals surface area contributed by atoms with E-state index >= 15 is 0 Å². The van der Waals surface area contributed by atoms with Gasteiger partial charge in [-0.05, 0) is 46.0 Å². The third kappa shape index (κ3) is 2.58. The van der Waals surface area contributed by atoms with E-state index in [4.69, 9.17) is 5.73 Å². The van der Waals surface area contributed by atoms with Crippen LogP contribution in [0.1, 0.15) is 31.4 Å². The third-order valence-corrected chi connectivity index (χ3v) is 4.13. The first-order chi connectivity index (χ1) is 8.53. The Morgan fingerprint density at radius 2 is 2.00 bits per heavy atom. The number of aryl methyl sites for hydroxylation is 1. The highest BCUT2D eigenvalue weighted by Crippen LogP contribution is 2.34. The Hall–Kier alpha value is -1.29. The predicted octanol–water partition coefficient (Wildman–Crippen LogP) is 2.26. The van der Waals surface area contributed by atoms with Gasteiger partial charge in [0.15, 0.2) is 0 Å². The molecule has 0 bridgehead atoms. The van der Waals surface area contributed by atoms with E-state index in [0.717, 1.165) is 23.7 Å². The molecule has 1 aliphatic carbocycles. The zero-order valence-corrected chi connectivity index (χ0v) is 11.7. The molecule has 0 aliphatic heterocycles. The molecule has 0 atom stereocenters. The lowest BCUT2D eigenvalue weighted by Crippen LogP contribution is -2.47. The number of hydrogen-bond donors (Lipinski definition) is 2. The molecule has 18 heavy (non-hydrogen) atoms. The first-order valence-electron chi connectivity index (χ1n) is 6.68. The molecule has 0 unspecified atom stereocenters. The van der Waals surface area contributed by atoms with E-state index in [1.54, 1.807) is 0 Å². The fraction of sp³-hybridized carbons (Fsp3) is 0.643. The first kappa shape index (κ1) is 13.1. The van der Waals surface area contributed by atoms with Gasteiger partial charge in [-0.25, -0.2) is 4.98 Å². The standard InChI is InChI=1S/C14H24N4/c1-11-6-7-12(15)13(17-11)16-10-14(18(2)3)8-4-5-9-14/h6-7H,4-5,8-10,15H2,1-3H3,(H,16,17). The summed E-state index contributed by atoms with van der Waals surface area (Å²) in [4.78, 5) is 6.82. The van der Waals surface area contributed by atoms with Gasteiger partial charge in [-0.15, -0.1) is 0 Å². The van der Waals surface area contributed by atoms with E-state index in [1.165, 1.54) is 25.7 Å². The van der Waals surface area contributed by atoms with E-state index in [-0.39, 0.29) is 5.54 Å². The Morgan fingerprint density at radius 3 is 2.61 bits per heavy atom. The van der Waals surface area contributed by atoms with Crippen LogP contribution in [0.5, 0.6) is 0 Å². The molecule has 100 valence electrons. The van der Waals surface area contributed by atoms with Gasteiger partial charge in [0.1, 0.15) is 5.82 Å². The average molecular weight is 248 g/mol. The Morgan fingerprint density at radius 1 is 1.33 bits per heavy atom. The van der Waals surface area contributed by atoms with Gasteiger partial charge in [0.2, 0.25) is 0 Å². The Labute approximate surface area is 110 Å². The van der Waals surface area contributed by atoms with Crippen LogP contribution in [0.4, 0.5) is 11.5 Å². The lowest BCUT2D eigenvalue weighted by Gasteiger charge is -2.36. The summed E-state index contributed by atoms with van der Waals surface area (Å²) in [5, 5.41) is 3.44. The summed E-state index contributed by atoms with van der Waals surface area (Å²) in [6.07, 6.45) is 5.13. The van der Waals surface area contributed by atoms with Crippen molar-refractivity contribution < 1.29 is 0 Å². The van der Waals surface area contributed by atoms with Crippen LogP contribution in [0, 0.1) is 6.92 Å². The smallest absolute Gasteiger partial charge is 0.149 e. The maximum atomic E-state index is 5.95. The van der Waals surface area contributed by atoms with Crippen LogP contribution in [0.3, 0.4) is 0 Å². The SMILES string of the molecule is Cc1ccc(N)c(NCC2(N(C)C)CCCC2)n1. The van der Waals surface area contributed by atoms with Gasteiger partial charge in [-0.3, -0.25) is 0 Å². The molecule has 0 amide bonds. The van der Waals surface area contributed by atoms with Crippen molar-refractivity contribution in [3.8, 4) is 0 Å². The van der Waals surface area contributed by atoms with E-state index in [0.29, 0.717) is 0 Å². The lowest BCUT2D eigenvalue weighted by atomic mass is 9.96. The number of likely N-dealkylation sites (N-methyl/N-ethyl adjacent to an activating group) is 1. The number of rotatable bonds is 4. The number of hydrogen-bond acceptors (Lipinski definition) is 4. The van der Waals surface area contributed by atoms with Crippen LogP contribution in [0.25, 0.3) is 0 Å². The third-order valence-electron chi connectivity index (χ3n) is 4.13. The van der Waals surface area contributed by atoms with Gasteiger partial charge in [-0.1, -0.05) is 12.8 Å². The molecule has 1 aromatic rings. The molecule has 0 radical (unpaired) electrons. The number of nitrogens with one attached hydrogen (secondary N) is 1. The number of aromatic nitrogens is 1. The minimum Gasteiger partial charge on any atom is -0.396 e. The van der Waals surface area contributed by atoms with Crippen molar-refractivity contribution in [1.29, 1.82) is 0 Å². The van der Waals surface area contributed by atoms with E-state index in [2.05, 4.69) is 29.3 Å². The Bertz CT molecular complexity index is 408. The minimum atomic E-state index is 0.262. The fourth-order valence-corrected chi connectivity index (χ4v) is 2.77. The molecule has 4 heteroatoms. The summed E-state index contributed by atoms with van der Waals surface area (Å²) >= 11 is 0. The van der Waals surface area contributed by atoms with Crippen molar-refractivity contribution >= 4 is 11.5 Å². The summed E-state index contributed by atoms with van der Waals surface area (Å²) in [7, 11) is 4.33. The van der Waals surface area contributed by atoms with Crippen LogP contribution in [-0.2, 0) is 0 Å². The Kier molecular flexibility index (Phi) is 3.76. The monoisotopic (exact) mass is 248 g/mol. The highest BCUT2D eigenvalue weighted by Gasteiger charge is 2.35. The number of nitrogens with zero attached hydrogens (tertiary/aromatic N) is 2. The van der Waals surface area contributed by atoms with Gasteiger partial charge >= 0.3 is 0 Å². The molecule has 3 N–H and O–H groups in total. The van der Waals surface area contributed by atoms with Crippen molar-refractivity contribution in [3.05, 3.63) is 17.8 Å². The summed E-state index contributed by atoms with van der Waals surface area (Å²) in [5.41, 5.74) is 7.94. The molecule has 1 aliphatic rings. The summed E-state index contributed by atoms with van der Waals surface area (Å²) in [5.74, 6) is 0.822. The maximum absolute atomic E-state index is 5.95. The molecule has 0 saturated heterocycles. The van der Waals surface area contributed by atoms with Crippen molar-refractivity contribution in [1.82, 2.24) is 9.88 Å². The molecule has 1 fully saturated rings. The van der Waals surface area contributed by atoms with Crippen LogP contribution in [0.2, 0.25) is 0 Å². The highest BCUT2D eigenvalue weighted by molar-refractivity contribution is 5.61. The maximum Gasteiger partial charge on any atom is 0.149 e. The second-order valence-corrected chi connectivity index (χ2v) is 5.57. The minimum absolute atomic E-state index is 0.262. The van der Waals surface area contributed by atoms with Crippen LogP contribution in [0.15, 0.2) is 12.1 Å². The van der Waals surface area contributed by atoms with Gasteiger partial charge < -0.3 is 16.0 Å². The van der Waals surface area contributed by atoms with Crippen molar-refractivity contribution in [3.63, 3.8) is 0 Å². The topological polar surface area (TPSA) is 54.2 Å². The average Bonchev–Trinajstić information content (AvgIpc) is 2.80. The largest absolute Gasteiger partial charge is 0.396 e. The van der Waals surface area contributed by atoms with E-state index < -0.39 is 0 Å². The zero-order valence-electron chi connectivity index (χ0n) is 11.7. The molecule has 4 nitrogen and oxygen atoms in total. The first-order valence-corrected chi connectivity index (χ1v) is 6.68. The zero-order chi connectivity index (χ0) is 13.2. The van der Waals surface area contributed by atoms with Crippen LogP contribution >= 0.6 is 0 Å². The molecule has 1 aromatic heterocycles. The number of nitrogen functional groups attached to an aromatic ring is 1. The number of anilines is 2. The second-order valence-electron chi connectivity index (χ2n) is 5.57. The summed E-state index contributed by atoms with van der Waals surface area (Å²) in [6, 6.07) is 3.86. The number of nitrogens with two attached hydrogens (primary N) is 1. The normalized spacial score (nSPS) is 18.2. The van der Waals surface area contributed by atoms with Gasteiger partial charge in [-0.2, -0.15) is 0 Å². The Balaban J connectivity index is 2.08. The lowest BCUT2D eigenvalue weighted by molar-refractivity contribution is 0.172. The molecule has 0 aromatic carbocycles. The van der Waals surface area contributed by atoms with Crippen LogP contribution < -0.4 is 11.1 Å². The van der Waals surface area contributed by atoms with Gasteiger partial charge in [0.25, 0.3) is 0 Å². The van der Waals surface area contributed by atoms with E-state index in [1.807, 2.05) is 19.1 Å². The summed E-state index contributed by atoms with van der Waals surface area (Å²) < 4.78 is 0. The van der Waals surface area contributed by atoms with Crippen LogP contribution in [-0.4, -0.2) is 36.1 Å². The predicted molar refractivity (Wildman–Crippen MR) is 76.8 cm³/mol. The molecule has 1 heterocycles. The number of pyridine rings is 1. The van der Waals surface area contributed by atoms with Gasteiger partial charge in [0.05, 0.1) is 5.69 Å².